The van der Waals surface area contributed by atoms with Crippen LogP contribution < -0.4 is 15.5 Å². The van der Waals surface area contributed by atoms with Crippen LogP contribution in [0.1, 0.15) is 6.04 Å². The summed E-state index contributed by atoms with van der Waals surface area (Å²) in [6.07, 6.45) is -0.519. The summed E-state index contributed by atoms with van der Waals surface area (Å²) >= 11 is 0. The standard InChI is InChI=1S/C22H25N7O3/c1-28(2)16-10-8-14(9-11-16)21-25-26-27-29(21)18-13-32-19-17(12-31-20(18)19)24-22(30)23-15-6-4-3-5-7-15/h3-11,17-20H,12-13H2,1-2H3,(H2,23,24,30). The Balaban J connectivity index is 1.27. The van der Waals surface area contributed by atoms with Gasteiger partial charge in [-0.2, -0.15) is 0 Å². The molecule has 166 valence electrons. The molecule has 3 aromatic rings. The molecule has 5 rings (SSSR count). The van der Waals surface area contributed by atoms with Crippen LogP contribution in [0, 0.1) is 0 Å². The van der Waals surface area contributed by atoms with Crippen LogP contribution in [0.25, 0.3) is 11.4 Å². The fourth-order valence-electron chi connectivity index (χ4n) is 4.19. The van der Waals surface area contributed by atoms with Crippen LogP contribution in [0.3, 0.4) is 0 Å². The first-order valence-electron chi connectivity index (χ1n) is 10.5. The molecule has 2 aliphatic rings. The zero-order chi connectivity index (χ0) is 22.1. The van der Waals surface area contributed by atoms with Gasteiger partial charge >= 0.3 is 6.03 Å². The molecule has 2 aliphatic heterocycles. The molecule has 2 aromatic carbocycles. The number of nitrogens with one attached hydrogen (secondary N) is 2. The van der Waals surface area contributed by atoms with Crippen molar-refractivity contribution in [2.45, 2.75) is 24.3 Å². The van der Waals surface area contributed by atoms with Crippen LogP contribution in [-0.2, 0) is 9.47 Å². The SMILES string of the molecule is CN(C)c1ccc(-c2nnnn2C2COC3C(NC(=O)Nc4ccccc4)COC32)cc1. The van der Waals surface area contributed by atoms with Gasteiger partial charge in [-0.25, -0.2) is 9.48 Å². The average Bonchev–Trinajstić information content (AvgIpc) is 3.52. The Morgan fingerprint density at radius 3 is 2.53 bits per heavy atom. The van der Waals surface area contributed by atoms with Crippen molar-refractivity contribution in [2.75, 3.05) is 37.5 Å². The number of carbonyl (C=O) groups excluding carboxylic acids is 1. The van der Waals surface area contributed by atoms with Gasteiger partial charge in [0.05, 0.1) is 19.3 Å². The lowest BCUT2D eigenvalue weighted by molar-refractivity contribution is 0.0624. The predicted molar refractivity (Wildman–Crippen MR) is 118 cm³/mol. The second-order valence-corrected chi connectivity index (χ2v) is 8.12. The Labute approximate surface area is 185 Å². The molecule has 0 saturated carbocycles. The maximum absolute atomic E-state index is 12.4. The molecule has 0 aliphatic carbocycles. The summed E-state index contributed by atoms with van der Waals surface area (Å²) in [6, 6.07) is 16.6. The van der Waals surface area contributed by atoms with Gasteiger partial charge in [0.25, 0.3) is 0 Å². The van der Waals surface area contributed by atoms with E-state index >= 15 is 0 Å². The van der Waals surface area contributed by atoms with E-state index in [-0.39, 0.29) is 30.3 Å². The molecule has 0 radical (unpaired) electrons. The number of urea groups is 1. The molecular formula is C22H25N7O3. The van der Waals surface area contributed by atoms with E-state index in [4.69, 9.17) is 9.47 Å². The highest BCUT2D eigenvalue weighted by Crippen LogP contribution is 2.35. The molecule has 32 heavy (non-hydrogen) atoms. The number of ether oxygens (including phenoxy) is 2. The molecule has 4 atom stereocenters. The van der Waals surface area contributed by atoms with Gasteiger partial charge in [0.15, 0.2) is 5.82 Å². The number of hydrogen-bond donors (Lipinski definition) is 2. The van der Waals surface area contributed by atoms with Crippen LogP contribution in [0.15, 0.2) is 54.6 Å². The lowest BCUT2D eigenvalue weighted by atomic mass is 10.1. The number of anilines is 2. The van der Waals surface area contributed by atoms with Crippen molar-refractivity contribution in [1.82, 2.24) is 25.5 Å². The number of fused-ring (bicyclic) bond motifs is 1. The van der Waals surface area contributed by atoms with Crippen molar-refractivity contribution < 1.29 is 14.3 Å². The third-order valence-electron chi connectivity index (χ3n) is 5.82. The topological polar surface area (TPSA) is 106 Å². The minimum absolute atomic E-state index is 0.178. The van der Waals surface area contributed by atoms with Crippen LogP contribution in [0.5, 0.6) is 0 Å². The van der Waals surface area contributed by atoms with E-state index in [1.54, 1.807) is 4.68 Å². The summed E-state index contributed by atoms with van der Waals surface area (Å²) in [5, 5.41) is 18.1. The van der Waals surface area contributed by atoms with Crippen LogP contribution in [0.2, 0.25) is 0 Å². The zero-order valence-electron chi connectivity index (χ0n) is 17.9. The largest absolute Gasteiger partial charge is 0.378 e. The summed E-state index contributed by atoms with van der Waals surface area (Å²) in [5.74, 6) is 0.659. The van der Waals surface area contributed by atoms with Gasteiger partial charge < -0.3 is 25.0 Å². The highest BCUT2D eigenvalue weighted by atomic mass is 16.6. The Kier molecular flexibility index (Phi) is 5.46. The minimum atomic E-state index is -0.290. The lowest BCUT2D eigenvalue weighted by Gasteiger charge is -2.18. The van der Waals surface area contributed by atoms with E-state index in [0.717, 1.165) is 16.9 Å². The Hall–Kier alpha value is -3.50. The molecule has 1 aromatic heterocycles. The summed E-state index contributed by atoms with van der Waals surface area (Å²) in [6.45, 7) is 0.769. The molecule has 2 amide bonds. The van der Waals surface area contributed by atoms with E-state index in [9.17, 15) is 4.79 Å². The second-order valence-electron chi connectivity index (χ2n) is 8.12. The first-order chi connectivity index (χ1) is 15.6. The van der Waals surface area contributed by atoms with Gasteiger partial charge in [0.1, 0.15) is 18.2 Å². The van der Waals surface area contributed by atoms with Gasteiger partial charge in [-0.05, 0) is 46.8 Å². The van der Waals surface area contributed by atoms with E-state index in [0.29, 0.717) is 19.0 Å². The maximum Gasteiger partial charge on any atom is 0.319 e. The van der Waals surface area contributed by atoms with Crippen molar-refractivity contribution in [3.05, 3.63) is 54.6 Å². The van der Waals surface area contributed by atoms with Crippen LogP contribution in [-0.4, -0.2) is 71.8 Å². The minimum Gasteiger partial charge on any atom is -0.378 e. The summed E-state index contributed by atoms with van der Waals surface area (Å²) < 4.78 is 13.8. The predicted octanol–water partition coefficient (Wildman–Crippen LogP) is 1.94. The third-order valence-corrected chi connectivity index (χ3v) is 5.82. The normalized spacial score (nSPS) is 24.2. The molecule has 0 bridgehead atoms. The quantitative estimate of drug-likeness (QED) is 0.631. The highest BCUT2D eigenvalue weighted by molar-refractivity contribution is 5.89. The van der Waals surface area contributed by atoms with E-state index in [1.165, 1.54) is 0 Å². The van der Waals surface area contributed by atoms with E-state index < -0.39 is 0 Å². The molecule has 10 nitrogen and oxygen atoms in total. The van der Waals surface area contributed by atoms with Gasteiger partial charge in [0.2, 0.25) is 0 Å². The number of benzene rings is 2. The number of hydrogen-bond acceptors (Lipinski definition) is 7. The van der Waals surface area contributed by atoms with E-state index in [1.807, 2.05) is 73.6 Å². The number of nitrogens with zero attached hydrogens (tertiary/aromatic N) is 5. The molecule has 4 unspecified atom stereocenters. The molecular weight excluding hydrogens is 410 g/mol. The average molecular weight is 435 g/mol. The highest BCUT2D eigenvalue weighted by Gasteiger charge is 2.50. The van der Waals surface area contributed by atoms with Gasteiger partial charge in [-0.1, -0.05) is 18.2 Å². The van der Waals surface area contributed by atoms with E-state index in [2.05, 4.69) is 26.2 Å². The number of tetrazole rings is 1. The number of amides is 2. The fraction of sp³-hybridized carbons (Fsp3) is 0.364. The third kappa shape index (κ3) is 3.90. The van der Waals surface area contributed by atoms with Crippen molar-refractivity contribution in [3.8, 4) is 11.4 Å². The summed E-state index contributed by atoms with van der Waals surface area (Å²) in [5.41, 5.74) is 2.74. The van der Waals surface area contributed by atoms with Crippen molar-refractivity contribution in [1.29, 1.82) is 0 Å². The smallest absolute Gasteiger partial charge is 0.319 e. The molecule has 2 N–H and O–H groups in total. The Morgan fingerprint density at radius 2 is 1.78 bits per heavy atom. The van der Waals surface area contributed by atoms with Gasteiger partial charge in [0, 0.05) is 31.0 Å². The Bertz CT molecular complexity index is 1070. The summed E-state index contributed by atoms with van der Waals surface area (Å²) in [7, 11) is 3.99. The fourth-order valence-corrected chi connectivity index (χ4v) is 4.19. The van der Waals surface area contributed by atoms with Crippen LogP contribution in [0.4, 0.5) is 16.2 Å². The maximum atomic E-state index is 12.4. The molecule has 2 saturated heterocycles. The first kappa shape index (κ1) is 20.4. The first-order valence-corrected chi connectivity index (χ1v) is 10.5. The van der Waals surface area contributed by atoms with Gasteiger partial charge in [-0.15, -0.1) is 5.10 Å². The monoisotopic (exact) mass is 435 g/mol. The van der Waals surface area contributed by atoms with Crippen LogP contribution >= 0.6 is 0 Å². The molecule has 0 spiro atoms. The number of carbonyl (C=O) groups is 1. The zero-order valence-corrected chi connectivity index (χ0v) is 17.9. The Morgan fingerprint density at radius 1 is 1.03 bits per heavy atom. The number of para-hydroxylation sites is 1. The van der Waals surface area contributed by atoms with Crippen molar-refractivity contribution >= 4 is 17.4 Å². The number of aromatic nitrogens is 4. The molecule has 2 fully saturated rings. The number of rotatable bonds is 5. The molecule has 10 heteroatoms. The second kappa shape index (κ2) is 8.56. The molecule has 3 heterocycles. The van der Waals surface area contributed by atoms with Crippen molar-refractivity contribution in [3.63, 3.8) is 0 Å². The van der Waals surface area contributed by atoms with Gasteiger partial charge in [-0.3, -0.25) is 0 Å². The summed E-state index contributed by atoms with van der Waals surface area (Å²) in [4.78, 5) is 14.4. The van der Waals surface area contributed by atoms with Crippen molar-refractivity contribution in [2.24, 2.45) is 0 Å². The lowest BCUT2D eigenvalue weighted by Crippen LogP contribution is -2.45.